The average molecular weight is 461 g/mol. The minimum Gasteiger partial charge on any atom is -0.491 e. The molecule has 4 aliphatic carbocycles. The molecule has 2 nitrogen and oxygen atoms in total. The number of halogens is 3. The fourth-order valence-electron chi connectivity index (χ4n) is 6.04. The Morgan fingerprint density at radius 1 is 0.788 bits per heavy atom. The lowest BCUT2D eigenvalue weighted by Gasteiger charge is -2.40. The second-order valence-corrected chi connectivity index (χ2v) is 11.0. The van der Waals surface area contributed by atoms with E-state index in [2.05, 4.69) is 13.8 Å². The van der Waals surface area contributed by atoms with Crippen molar-refractivity contribution >= 4 is 0 Å². The van der Waals surface area contributed by atoms with Gasteiger partial charge in [-0.3, -0.25) is 0 Å². The molecule has 33 heavy (non-hydrogen) atoms. The molecule has 2 unspecified atom stereocenters. The Morgan fingerprint density at radius 3 is 1.97 bits per heavy atom. The van der Waals surface area contributed by atoms with Gasteiger partial charge in [0.05, 0.1) is 19.1 Å². The number of hydrogen-bond acceptors (Lipinski definition) is 2. The van der Waals surface area contributed by atoms with Crippen LogP contribution in [0.5, 0.6) is 5.75 Å². The Hall–Kier alpha value is -1.91. The van der Waals surface area contributed by atoms with Gasteiger partial charge in [-0.05, 0) is 67.1 Å². The molecule has 0 spiro atoms. The maximum Gasteiger partial charge on any atom is 0.200 e. The van der Waals surface area contributed by atoms with Crippen molar-refractivity contribution in [2.45, 2.75) is 77.0 Å². The van der Waals surface area contributed by atoms with Crippen molar-refractivity contribution in [3.05, 3.63) is 52.6 Å². The van der Waals surface area contributed by atoms with Crippen molar-refractivity contribution in [2.75, 3.05) is 13.2 Å². The average Bonchev–Trinajstić information content (AvgIpc) is 2.80. The van der Waals surface area contributed by atoms with Crippen LogP contribution < -0.4 is 4.74 Å². The van der Waals surface area contributed by atoms with E-state index >= 15 is 4.39 Å². The first kappa shape index (κ1) is 22.9. The van der Waals surface area contributed by atoms with Gasteiger partial charge in [0.25, 0.3) is 0 Å². The number of benzene rings is 1. The molecule has 4 aliphatic rings. The van der Waals surface area contributed by atoms with E-state index in [4.69, 9.17) is 9.47 Å². The lowest BCUT2D eigenvalue weighted by atomic mass is 9.65. The molecule has 0 bridgehead atoms. The van der Waals surface area contributed by atoms with E-state index in [1.165, 1.54) is 12.8 Å². The summed E-state index contributed by atoms with van der Waals surface area (Å²) in [5.41, 5.74) is 0.740. The molecular formula is C28H35F3O2. The molecular weight excluding hydrogens is 425 g/mol. The van der Waals surface area contributed by atoms with Gasteiger partial charge in [-0.25, -0.2) is 8.78 Å². The number of allylic oxidation sites excluding steroid dienone is 3. The summed E-state index contributed by atoms with van der Waals surface area (Å²) in [4.78, 5) is 0. The van der Waals surface area contributed by atoms with E-state index in [0.717, 1.165) is 50.4 Å². The van der Waals surface area contributed by atoms with Crippen LogP contribution in [0, 0.1) is 35.3 Å². The monoisotopic (exact) mass is 460 g/mol. The lowest BCUT2D eigenvalue weighted by molar-refractivity contribution is 0.129. The Kier molecular flexibility index (Phi) is 6.50. The minimum absolute atomic E-state index is 0.0466. The van der Waals surface area contributed by atoms with Crippen LogP contribution in [-0.4, -0.2) is 13.2 Å². The van der Waals surface area contributed by atoms with Crippen LogP contribution in [0.25, 0.3) is 0 Å². The highest BCUT2D eigenvalue weighted by Gasteiger charge is 2.46. The third-order valence-electron chi connectivity index (χ3n) is 8.46. The highest BCUT2D eigenvalue weighted by molar-refractivity contribution is 5.58. The van der Waals surface area contributed by atoms with Gasteiger partial charge in [-0.2, -0.15) is 4.39 Å². The van der Waals surface area contributed by atoms with Gasteiger partial charge < -0.3 is 9.47 Å². The quantitative estimate of drug-likeness (QED) is 0.429. The van der Waals surface area contributed by atoms with Crippen LogP contribution in [0.1, 0.15) is 88.2 Å². The first-order valence-electron chi connectivity index (χ1n) is 12.8. The zero-order valence-electron chi connectivity index (χ0n) is 19.7. The summed E-state index contributed by atoms with van der Waals surface area (Å²) in [6.07, 6.45) is 12.5. The summed E-state index contributed by atoms with van der Waals surface area (Å²) < 4.78 is 56.6. The zero-order chi connectivity index (χ0) is 23.1. The molecule has 180 valence electrons. The number of rotatable bonds is 6. The third-order valence-corrected chi connectivity index (χ3v) is 8.46. The normalized spacial score (nSPS) is 33.2. The molecule has 1 aromatic carbocycles. The van der Waals surface area contributed by atoms with Crippen LogP contribution in [0.4, 0.5) is 13.2 Å². The fourth-order valence-corrected chi connectivity index (χ4v) is 6.04. The molecule has 0 aromatic heterocycles. The van der Waals surface area contributed by atoms with E-state index in [1.807, 2.05) is 6.08 Å². The molecule has 0 aliphatic heterocycles. The predicted molar refractivity (Wildman–Crippen MR) is 123 cm³/mol. The van der Waals surface area contributed by atoms with Crippen molar-refractivity contribution in [3.8, 4) is 5.75 Å². The largest absolute Gasteiger partial charge is 0.491 e. The van der Waals surface area contributed by atoms with Crippen molar-refractivity contribution < 1.29 is 22.6 Å². The van der Waals surface area contributed by atoms with Crippen molar-refractivity contribution in [1.29, 1.82) is 0 Å². The first-order chi connectivity index (χ1) is 15.9. The standard InChI is InChI=1S/C28H35F3O2/c1-16-3-7-18(8-4-16)14-32-22-12-11-20-21-13-23(33-15-19-9-5-17(2)6-10-19)27(30)28(31)25(21)24(20)26(22)29/h11-13,16-20,24H,3-10,14-15H2,1-2H3. The minimum atomic E-state index is -1.00. The van der Waals surface area contributed by atoms with Gasteiger partial charge in [-0.1, -0.05) is 45.6 Å². The Labute approximate surface area is 195 Å². The number of fused-ring (bicyclic) bond motifs is 4. The predicted octanol–water partition coefficient (Wildman–Crippen LogP) is 7.94. The Balaban J connectivity index is 1.27. The topological polar surface area (TPSA) is 18.5 Å². The zero-order valence-corrected chi connectivity index (χ0v) is 19.7. The molecule has 2 fully saturated rings. The van der Waals surface area contributed by atoms with Crippen LogP contribution in [-0.2, 0) is 4.74 Å². The molecule has 5 rings (SSSR count). The summed E-state index contributed by atoms with van der Waals surface area (Å²) in [7, 11) is 0. The SMILES string of the molecule is CC1CCC(COC2=C(F)C3c4c(cc(OCC5CCC(C)CC5)c(F)c4F)C3C=C2)CC1. The maximum absolute atomic E-state index is 15.3. The molecule has 2 atom stereocenters. The van der Waals surface area contributed by atoms with Gasteiger partial charge in [0.2, 0.25) is 5.82 Å². The molecule has 5 heteroatoms. The molecule has 0 heterocycles. The molecule has 1 aromatic rings. The number of ether oxygens (including phenoxy) is 2. The molecule has 0 N–H and O–H groups in total. The summed E-state index contributed by atoms with van der Waals surface area (Å²) in [5, 5.41) is 0. The van der Waals surface area contributed by atoms with Gasteiger partial charge in [0.1, 0.15) is 0 Å². The second-order valence-electron chi connectivity index (χ2n) is 11.0. The highest BCUT2D eigenvalue weighted by Crippen LogP contribution is 2.57. The van der Waals surface area contributed by atoms with Crippen LogP contribution in [0.3, 0.4) is 0 Å². The smallest absolute Gasteiger partial charge is 0.200 e. The van der Waals surface area contributed by atoms with Gasteiger partial charge >= 0.3 is 0 Å². The summed E-state index contributed by atoms with van der Waals surface area (Å²) in [5.74, 6) is -1.14. The summed E-state index contributed by atoms with van der Waals surface area (Å²) in [6, 6.07) is 1.58. The lowest BCUT2D eigenvalue weighted by Crippen LogP contribution is -2.29. The van der Waals surface area contributed by atoms with Gasteiger partial charge in [0, 0.05) is 11.5 Å². The molecule has 0 radical (unpaired) electrons. The number of hydrogen-bond donors (Lipinski definition) is 0. The maximum atomic E-state index is 15.3. The van der Waals surface area contributed by atoms with Crippen molar-refractivity contribution in [3.63, 3.8) is 0 Å². The van der Waals surface area contributed by atoms with E-state index in [1.54, 1.807) is 12.1 Å². The Morgan fingerprint density at radius 2 is 1.36 bits per heavy atom. The van der Waals surface area contributed by atoms with E-state index in [-0.39, 0.29) is 23.0 Å². The van der Waals surface area contributed by atoms with E-state index < -0.39 is 23.4 Å². The first-order valence-corrected chi connectivity index (χ1v) is 12.8. The van der Waals surface area contributed by atoms with Crippen molar-refractivity contribution in [2.24, 2.45) is 23.7 Å². The molecule has 2 saturated carbocycles. The van der Waals surface area contributed by atoms with Gasteiger partial charge in [0.15, 0.2) is 23.2 Å². The summed E-state index contributed by atoms with van der Waals surface area (Å²) >= 11 is 0. The highest BCUT2D eigenvalue weighted by atomic mass is 19.2. The van der Waals surface area contributed by atoms with Crippen LogP contribution in [0.2, 0.25) is 0 Å². The fraction of sp³-hybridized carbons (Fsp3) is 0.643. The van der Waals surface area contributed by atoms with Gasteiger partial charge in [-0.15, -0.1) is 0 Å². The van der Waals surface area contributed by atoms with Crippen LogP contribution in [0.15, 0.2) is 29.8 Å². The second kappa shape index (κ2) is 9.38. The van der Waals surface area contributed by atoms with E-state index in [0.29, 0.717) is 30.6 Å². The summed E-state index contributed by atoms with van der Waals surface area (Å²) in [6.45, 7) is 5.39. The van der Waals surface area contributed by atoms with E-state index in [9.17, 15) is 8.78 Å². The van der Waals surface area contributed by atoms with Crippen LogP contribution >= 0.6 is 0 Å². The third kappa shape index (κ3) is 4.44. The molecule has 0 saturated heterocycles. The Bertz CT molecular complexity index is 937. The molecule has 0 amide bonds. The van der Waals surface area contributed by atoms with Crippen molar-refractivity contribution in [1.82, 2.24) is 0 Å².